The Morgan fingerprint density at radius 2 is 2.04 bits per heavy atom. The van der Waals surface area contributed by atoms with Crippen LogP contribution in [0.5, 0.6) is 0 Å². The van der Waals surface area contributed by atoms with Crippen LogP contribution in [0.15, 0.2) is 41.5 Å². The van der Waals surface area contributed by atoms with E-state index in [-0.39, 0.29) is 6.61 Å². The van der Waals surface area contributed by atoms with Crippen molar-refractivity contribution in [2.24, 2.45) is 5.10 Å². The van der Waals surface area contributed by atoms with Gasteiger partial charge < -0.3 is 4.74 Å². The fraction of sp³-hybridized carbons (Fsp3) is 0.333. The smallest absolute Gasteiger partial charge is 0.367 e. The lowest BCUT2D eigenvalue weighted by Crippen LogP contribution is -2.19. The molecule has 2 aromatic rings. The molecule has 1 N–H and O–H groups in total. The Labute approximate surface area is 153 Å². The first-order valence-corrected chi connectivity index (χ1v) is 8.77. The van der Waals surface area contributed by atoms with E-state index in [9.17, 15) is 18.0 Å². The number of nitrogens with one attached hydrogen (secondary N) is 1. The summed E-state index contributed by atoms with van der Waals surface area (Å²) in [4.78, 5) is 14.4. The summed E-state index contributed by atoms with van der Waals surface area (Å²) >= 11 is 1.61. The maximum Gasteiger partial charge on any atom is 0.411 e. The molecule has 0 aliphatic rings. The second-order valence-electron chi connectivity index (χ2n) is 5.57. The number of carbonyl (C=O) groups is 1. The number of amides is 1. The molecule has 2 rings (SSSR count). The molecule has 0 aliphatic heterocycles. The molecular weight excluding hydrogens is 365 g/mol. The minimum atomic E-state index is -4.37. The van der Waals surface area contributed by atoms with E-state index in [0.717, 1.165) is 11.3 Å². The first kappa shape index (κ1) is 20.1. The third-order valence-electron chi connectivity index (χ3n) is 3.42. The molecule has 0 fully saturated rings. The van der Waals surface area contributed by atoms with Gasteiger partial charge in [0.2, 0.25) is 0 Å². The molecule has 1 heterocycles. The predicted molar refractivity (Wildman–Crippen MR) is 95.5 cm³/mol. The van der Waals surface area contributed by atoms with Gasteiger partial charge in [0.05, 0.1) is 17.2 Å². The van der Waals surface area contributed by atoms with E-state index in [1.165, 1.54) is 10.9 Å². The third kappa shape index (κ3) is 6.27. The van der Waals surface area contributed by atoms with Crippen LogP contribution in [0.1, 0.15) is 39.5 Å². The van der Waals surface area contributed by atoms with E-state index in [1.807, 2.05) is 12.1 Å². The number of hydrogen-bond acceptors (Lipinski definition) is 4. The predicted octanol–water partition coefficient (Wildman–Crippen LogP) is 4.54. The van der Waals surface area contributed by atoms with Crippen LogP contribution in [-0.4, -0.2) is 24.4 Å². The van der Waals surface area contributed by atoms with Crippen molar-refractivity contribution < 1.29 is 22.7 Å². The standard InChI is InChI=1S/C18H19F3N2O2S/c1-3-15-7-8-16(26-15)12(2)22-23-17(24)14-6-4-5-13(9-14)10-25-11-18(19,20)21/h4-9H,3,10-11H2,1-2H3,(H,23,24)/b22-12-. The molecule has 0 radical (unpaired) electrons. The summed E-state index contributed by atoms with van der Waals surface area (Å²) in [5.74, 6) is -0.436. The summed E-state index contributed by atoms with van der Waals surface area (Å²) in [6, 6.07) is 10.2. The lowest BCUT2D eigenvalue weighted by atomic mass is 10.1. The number of nitrogens with zero attached hydrogens (tertiary/aromatic N) is 1. The number of alkyl halides is 3. The Hall–Kier alpha value is -2.19. The minimum absolute atomic E-state index is 0.224. The second-order valence-corrected chi connectivity index (χ2v) is 6.73. The van der Waals surface area contributed by atoms with Crippen molar-refractivity contribution in [3.63, 3.8) is 0 Å². The molecule has 26 heavy (non-hydrogen) atoms. The molecule has 8 heteroatoms. The van der Waals surface area contributed by atoms with Crippen molar-refractivity contribution in [1.29, 1.82) is 0 Å². The van der Waals surface area contributed by atoms with Gasteiger partial charge in [0, 0.05) is 10.4 Å². The quantitative estimate of drug-likeness (QED) is 0.563. The van der Waals surface area contributed by atoms with Gasteiger partial charge in [0.1, 0.15) is 6.61 Å². The van der Waals surface area contributed by atoms with E-state index in [0.29, 0.717) is 16.8 Å². The average Bonchev–Trinajstić information content (AvgIpc) is 3.08. The molecule has 4 nitrogen and oxygen atoms in total. The maximum absolute atomic E-state index is 12.2. The van der Waals surface area contributed by atoms with Gasteiger partial charge in [0.15, 0.2) is 0 Å². The van der Waals surface area contributed by atoms with Gasteiger partial charge in [-0.1, -0.05) is 19.1 Å². The van der Waals surface area contributed by atoms with E-state index in [4.69, 9.17) is 0 Å². The number of hydrogen-bond donors (Lipinski definition) is 1. The van der Waals surface area contributed by atoms with Crippen LogP contribution in [0, 0.1) is 0 Å². The average molecular weight is 384 g/mol. The van der Waals surface area contributed by atoms with Crippen LogP contribution in [0.3, 0.4) is 0 Å². The molecule has 0 aliphatic carbocycles. The van der Waals surface area contributed by atoms with Crippen molar-refractivity contribution >= 4 is 23.0 Å². The number of halogens is 3. The molecule has 140 valence electrons. The van der Waals surface area contributed by atoms with Gasteiger partial charge in [0.25, 0.3) is 5.91 Å². The zero-order chi connectivity index (χ0) is 19.2. The lowest BCUT2D eigenvalue weighted by Gasteiger charge is -2.08. The summed E-state index contributed by atoms with van der Waals surface area (Å²) in [5.41, 5.74) is 3.94. The highest BCUT2D eigenvalue weighted by atomic mass is 32.1. The van der Waals surface area contributed by atoms with Crippen molar-refractivity contribution in [3.8, 4) is 0 Å². The van der Waals surface area contributed by atoms with E-state index < -0.39 is 18.7 Å². The molecule has 0 saturated carbocycles. The van der Waals surface area contributed by atoms with Gasteiger partial charge in [-0.05, 0) is 43.2 Å². The number of carbonyl (C=O) groups excluding carboxylic acids is 1. The molecule has 0 spiro atoms. The molecule has 0 unspecified atom stereocenters. The molecule has 0 atom stereocenters. The Balaban J connectivity index is 1.96. The van der Waals surface area contributed by atoms with E-state index in [2.05, 4.69) is 22.2 Å². The Kier molecular flexibility index (Phi) is 6.93. The zero-order valence-corrected chi connectivity index (χ0v) is 15.2. The van der Waals surface area contributed by atoms with Crippen LogP contribution in [0.4, 0.5) is 13.2 Å². The third-order valence-corrected chi connectivity index (χ3v) is 4.75. The van der Waals surface area contributed by atoms with Crippen LogP contribution in [0.25, 0.3) is 0 Å². The number of rotatable bonds is 7. The highest BCUT2D eigenvalue weighted by Crippen LogP contribution is 2.18. The molecule has 1 amide bonds. The molecular formula is C18H19F3N2O2S. The normalized spacial score (nSPS) is 12.3. The molecule has 0 bridgehead atoms. The highest BCUT2D eigenvalue weighted by molar-refractivity contribution is 7.14. The summed E-state index contributed by atoms with van der Waals surface area (Å²) in [6.07, 6.45) is -3.44. The van der Waals surface area contributed by atoms with Crippen LogP contribution in [-0.2, 0) is 17.8 Å². The monoisotopic (exact) mass is 384 g/mol. The zero-order valence-electron chi connectivity index (χ0n) is 14.4. The SMILES string of the molecule is CCc1ccc(/C(C)=N\NC(=O)c2cccc(COCC(F)(F)F)c2)s1. The number of aryl methyl sites for hydroxylation is 1. The second kappa shape index (κ2) is 8.95. The Bertz CT molecular complexity index is 785. The maximum atomic E-state index is 12.2. The summed E-state index contributed by atoms with van der Waals surface area (Å²) in [7, 11) is 0. The van der Waals surface area contributed by atoms with Gasteiger partial charge in [-0.15, -0.1) is 11.3 Å². The van der Waals surface area contributed by atoms with Crippen LogP contribution >= 0.6 is 11.3 Å². The van der Waals surface area contributed by atoms with Crippen molar-refractivity contribution in [2.45, 2.75) is 33.1 Å². The fourth-order valence-corrected chi connectivity index (χ4v) is 3.00. The summed E-state index contributed by atoms with van der Waals surface area (Å²) < 4.78 is 40.9. The first-order chi connectivity index (χ1) is 12.3. The number of thiophene rings is 1. The summed E-state index contributed by atoms with van der Waals surface area (Å²) in [6.45, 7) is 2.31. The van der Waals surface area contributed by atoms with Gasteiger partial charge in [-0.3, -0.25) is 4.79 Å². The van der Waals surface area contributed by atoms with Crippen LogP contribution in [0.2, 0.25) is 0 Å². The number of benzene rings is 1. The van der Waals surface area contributed by atoms with Crippen molar-refractivity contribution in [2.75, 3.05) is 6.61 Å². The Morgan fingerprint density at radius 3 is 2.69 bits per heavy atom. The first-order valence-electron chi connectivity index (χ1n) is 7.95. The highest BCUT2D eigenvalue weighted by Gasteiger charge is 2.27. The number of ether oxygens (including phenoxy) is 1. The van der Waals surface area contributed by atoms with Gasteiger partial charge in [-0.2, -0.15) is 18.3 Å². The van der Waals surface area contributed by atoms with Crippen molar-refractivity contribution in [3.05, 3.63) is 57.3 Å². The Morgan fingerprint density at radius 1 is 1.27 bits per heavy atom. The molecule has 1 aromatic carbocycles. The van der Waals surface area contributed by atoms with Crippen LogP contribution < -0.4 is 5.43 Å². The van der Waals surface area contributed by atoms with Gasteiger partial charge >= 0.3 is 6.18 Å². The van der Waals surface area contributed by atoms with E-state index in [1.54, 1.807) is 36.5 Å². The topological polar surface area (TPSA) is 50.7 Å². The molecule has 0 saturated heterocycles. The lowest BCUT2D eigenvalue weighted by molar-refractivity contribution is -0.176. The summed E-state index contributed by atoms with van der Waals surface area (Å²) in [5, 5.41) is 4.09. The van der Waals surface area contributed by atoms with E-state index >= 15 is 0 Å². The number of hydrazone groups is 1. The fourth-order valence-electron chi connectivity index (χ4n) is 2.10. The van der Waals surface area contributed by atoms with Gasteiger partial charge in [-0.25, -0.2) is 5.43 Å². The largest absolute Gasteiger partial charge is 0.411 e. The molecule has 1 aromatic heterocycles. The van der Waals surface area contributed by atoms with Crippen molar-refractivity contribution in [1.82, 2.24) is 5.43 Å². The minimum Gasteiger partial charge on any atom is -0.367 e.